The quantitative estimate of drug-likeness (QED) is 0.0623. The van der Waals surface area contributed by atoms with Crippen LogP contribution in [0.2, 0.25) is 0 Å². The summed E-state index contributed by atoms with van der Waals surface area (Å²) in [7, 11) is 1.65. The molecule has 0 atom stereocenters. The van der Waals surface area contributed by atoms with Crippen LogP contribution < -0.4 is 0 Å². The van der Waals surface area contributed by atoms with Gasteiger partial charge in [-0.2, -0.15) is 0 Å². The smallest absolute Gasteiger partial charge is 0.305 e. The predicted octanol–water partition coefficient (Wildman–Crippen LogP) is 5.77. The molecule has 0 spiro atoms. The molecular weight excluding hydrogens is 556 g/mol. The fourth-order valence-electron chi connectivity index (χ4n) is 4.21. The van der Waals surface area contributed by atoms with E-state index in [1.807, 2.05) is 6.92 Å². The van der Waals surface area contributed by atoms with E-state index in [1.165, 1.54) is 64.2 Å². The van der Waals surface area contributed by atoms with Crippen molar-refractivity contribution in [2.45, 2.75) is 96.8 Å². The van der Waals surface area contributed by atoms with E-state index in [4.69, 9.17) is 42.6 Å². The van der Waals surface area contributed by atoms with Crippen LogP contribution in [0.15, 0.2) is 0 Å². The second kappa shape index (κ2) is 39.2. The molecule has 0 aromatic heterocycles. The molecule has 0 radical (unpaired) electrons. The third-order valence-electron chi connectivity index (χ3n) is 6.64. The Kier molecular flexibility index (Phi) is 38.4. The molecule has 0 unspecified atom stereocenters. The van der Waals surface area contributed by atoms with E-state index in [9.17, 15) is 4.79 Å². The van der Waals surface area contributed by atoms with E-state index in [2.05, 4.69) is 0 Å². The fraction of sp³-hybridized carbons (Fsp3) is 0.970. The fourth-order valence-corrected chi connectivity index (χ4v) is 4.21. The third-order valence-corrected chi connectivity index (χ3v) is 6.64. The summed E-state index contributed by atoms with van der Waals surface area (Å²) in [6.45, 7) is 11.1. The lowest BCUT2D eigenvalue weighted by Gasteiger charge is -2.08. The van der Waals surface area contributed by atoms with Gasteiger partial charge in [0.2, 0.25) is 0 Å². The van der Waals surface area contributed by atoms with Crippen molar-refractivity contribution >= 4 is 5.97 Å². The maximum atomic E-state index is 11.3. The molecular formula is C33H66O10. The van der Waals surface area contributed by atoms with Crippen molar-refractivity contribution in [2.75, 3.05) is 113 Å². The Morgan fingerprint density at radius 1 is 0.372 bits per heavy atom. The van der Waals surface area contributed by atoms with Crippen molar-refractivity contribution in [3.63, 3.8) is 0 Å². The first kappa shape index (κ1) is 42.1. The first-order chi connectivity index (χ1) is 21.3. The molecule has 10 nitrogen and oxygen atoms in total. The molecule has 0 saturated carbocycles. The Morgan fingerprint density at radius 2 is 0.651 bits per heavy atom. The summed E-state index contributed by atoms with van der Waals surface area (Å²) in [6.07, 6.45) is 16.9. The second-order valence-corrected chi connectivity index (χ2v) is 10.4. The highest BCUT2D eigenvalue weighted by Gasteiger charge is 2.01. The maximum absolute atomic E-state index is 11.3. The Bertz CT molecular complexity index is 524. The summed E-state index contributed by atoms with van der Waals surface area (Å²) < 4.78 is 48.2. The molecule has 258 valence electrons. The van der Waals surface area contributed by atoms with E-state index >= 15 is 0 Å². The van der Waals surface area contributed by atoms with Gasteiger partial charge in [0.05, 0.1) is 99.1 Å². The number of unbranched alkanes of at least 4 members (excludes halogenated alkanes) is 12. The normalized spacial score (nSPS) is 11.4. The number of rotatable bonds is 38. The maximum Gasteiger partial charge on any atom is 0.305 e. The zero-order valence-electron chi connectivity index (χ0n) is 27.8. The Hall–Kier alpha value is -0.850. The van der Waals surface area contributed by atoms with Gasteiger partial charge >= 0.3 is 5.97 Å². The van der Waals surface area contributed by atoms with Crippen LogP contribution in [0.1, 0.15) is 96.8 Å². The van der Waals surface area contributed by atoms with Crippen LogP contribution in [-0.4, -0.2) is 119 Å². The average Bonchev–Trinajstić information content (AvgIpc) is 3.01. The van der Waals surface area contributed by atoms with Gasteiger partial charge in [-0.15, -0.1) is 0 Å². The minimum atomic E-state index is -0.0504. The summed E-state index contributed by atoms with van der Waals surface area (Å²) in [4.78, 5) is 11.3. The number of hydrogen-bond acceptors (Lipinski definition) is 10. The Morgan fingerprint density at radius 3 is 0.977 bits per heavy atom. The highest BCUT2D eigenvalue weighted by Crippen LogP contribution is 2.13. The molecule has 0 rings (SSSR count). The van der Waals surface area contributed by atoms with E-state index in [1.54, 1.807) is 7.11 Å². The van der Waals surface area contributed by atoms with Gasteiger partial charge in [0.1, 0.15) is 0 Å². The van der Waals surface area contributed by atoms with Crippen molar-refractivity contribution in [3.8, 4) is 0 Å². The molecule has 0 amide bonds. The van der Waals surface area contributed by atoms with Gasteiger partial charge in [-0.05, 0) is 19.8 Å². The molecule has 0 aromatic rings. The summed E-state index contributed by atoms with van der Waals surface area (Å²) >= 11 is 0. The highest BCUT2D eigenvalue weighted by molar-refractivity contribution is 5.69. The zero-order valence-corrected chi connectivity index (χ0v) is 27.8. The molecule has 10 heteroatoms. The van der Waals surface area contributed by atoms with Gasteiger partial charge in [0.25, 0.3) is 0 Å². The Labute approximate surface area is 263 Å². The lowest BCUT2D eigenvalue weighted by Crippen LogP contribution is -2.14. The average molecular weight is 623 g/mol. The molecule has 0 aliphatic heterocycles. The number of ether oxygens (including phenoxy) is 9. The first-order valence-corrected chi connectivity index (χ1v) is 17.0. The molecule has 0 aliphatic carbocycles. The van der Waals surface area contributed by atoms with Crippen LogP contribution in [0.4, 0.5) is 0 Å². The zero-order chi connectivity index (χ0) is 31.2. The van der Waals surface area contributed by atoms with Crippen LogP contribution in [0.3, 0.4) is 0 Å². The van der Waals surface area contributed by atoms with Gasteiger partial charge in [-0.3, -0.25) is 4.79 Å². The summed E-state index contributed by atoms with van der Waals surface area (Å²) in [5.41, 5.74) is 0. The van der Waals surface area contributed by atoms with Crippen LogP contribution in [0.25, 0.3) is 0 Å². The van der Waals surface area contributed by atoms with Gasteiger partial charge in [0, 0.05) is 20.1 Å². The van der Waals surface area contributed by atoms with Crippen molar-refractivity contribution in [3.05, 3.63) is 0 Å². The molecule has 43 heavy (non-hydrogen) atoms. The number of methoxy groups -OCH3 is 1. The molecule has 0 saturated heterocycles. The molecule has 0 aromatic carbocycles. The molecule has 0 N–H and O–H groups in total. The van der Waals surface area contributed by atoms with E-state index < -0.39 is 0 Å². The first-order valence-electron chi connectivity index (χ1n) is 17.0. The number of carbonyl (C=O) groups is 1. The van der Waals surface area contributed by atoms with Crippen molar-refractivity contribution in [1.82, 2.24) is 0 Å². The summed E-state index contributed by atoms with van der Waals surface area (Å²) in [5, 5.41) is 0. The van der Waals surface area contributed by atoms with Gasteiger partial charge < -0.3 is 42.6 Å². The minimum Gasteiger partial charge on any atom is -0.466 e. The number of esters is 1. The monoisotopic (exact) mass is 622 g/mol. The van der Waals surface area contributed by atoms with Crippen molar-refractivity contribution in [1.29, 1.82) is 0 Å². The lowest BCUT2D eigenvalue weighted by atomic mass is 10.0. The topological polar surface area (TPSA) is 100 Å². The van der Waals surface area contributed by atoms with Gasteiger partial charge in [-0.25, -0.2) is 0 Å². The lowest BCUT2D eigenvalue weighted by molar-refractivity contribution is -0.143. The van der Waals surface area contributed by atoms with Gasteiger partial charge in [-0.1, -0.05) is 70.6 Å². The number of carbonyl (C=O) groups excluding carboxylic acids is 1. The highest BCUT2D eigenvalue weighted by atomic mass is 16.6. The SMILES string of the molecule is CCOC(=O)CCCCCCCCCCCCCCCOCCOCCOCCOCCOCCOCCOCCOC. The Balaban J connectivity index is 3.05. The summed E-state index contributed by atoms with van der Waals surface area (Å²) in [5.74, 6) is -0.0504. The molecule has 0 aliphatic rings. The third kappa shape index (κ3) is 39.1. The van der Waals surface area contributed by atoms with Crippen LogP contribution in [0.5, 0.6) is 0 Å². The van der Waals surface area contributed by atoms with Crippen molar-refractivity contribution in [2.24, 2.45) is 0 Å². The standard InChI is InChI=1S/C33H66O10/c1-3-43-33(34)17-15-13-11-9-7-5-4-6-8-10-12-14-16-18-36-21-22-38-25-26-40-29-30-42-32-31-41-28-27-39-24-23-37-20-19-35-2/h3-32H2,1-2H3. The van der Waals surface area contributed by atoms with Crippen LogP contribution in [-0.2, 0) is 47.4 Å². The second-order valence-electron chi connectivity index (χ2n) is 10.4. The van der Waals surface area contributed by atoms with Crippen LogP contribution >= 0.6 is 0 Å². The molecule has 0 heterocycles. The molecule has 0 bridgehead atoms. The minimum absolute atomic E-state index is 0.0504. The van der Waals surface area contributed by atoms with Crippen LogP contribution in [0, 0.1) is 0 Å². The van der Waals surface area contributed by atoms with E-state index in [0.717, 1.165) is 25.9 Å². The predicted molar refractivity (Wildman–Crippen MR) is 169 cm³/mol. The van der Waals surface area contributed by atoms with Gasteiger partial charge in [0.15, 0.2) is 0 Å². The summed E-state index contributed by atoms with van der Waals surface area (Å²) in [6, 6.07) is 0. The van der Waals surface area contributed by atoms with Crippen molar-refractivity contribution < 1.29 is 47.4 Å². The largest absolute Gasteiger partial charge is 0.466 e. The molecule has 0 fully saturated rings. The van der Waals surface area contributed by atoms with E-state index in [0.29, 0.717) is 106 Å². The number of hydrogen-bond donors (Lipinski definition) is 0. The van der Waals surface area contributed by atoms with E-state index in [-0.39, 0.29) is 5.97 Å².